The van der Waals surface area contributed by atoms with Gasteiger partial charge in [0.2, 0.25) is 0 Å². The lowest BCUT2D eigenvalue weighted by Gasteiger charge is -2.13. The van der Waals surface area contributed by atoms with Crippen molar-refractivity contribution >= 4 is 0 Å². The molecule has 0 spiro atoms. The van der Waals surface area contributed by atoms with E-state index in [-0.39, 0.29) is 5.82 Å². The molecule has 1 atom stereocenters. The molecule has 0 aliphatic heterocycles. The molecule has 0 aliphatic carbocycles. The van der Waals surface area contributed by atoms with Crippen LogP contribution in [-0.4, -0.2) is 13.2 Å². The van der Waals surface area contributed by atoms with Gasteiger partial charge in [-0.05, 0) is 36.4 Å². The Balaban J connectivity index is 1.64. The molecule has 0 bridgehead atoms. The van der Waals surface area contributed by atoms with Crippen LogP contribution in [0.25, 0.3) is 0 Å². The molecule has 0 radical (unpaired) electrons. The molecule has 102 valence electrons. The van der Waals surface area contributed by atoms with Gasteiger partial charge < -0.3 is 14.5 Å². The third-order valence-electron chi connectivity index (χ3n) is 2.72. The zero-order valence-electron chi connectivity index (χ0n) is 10.9. The fourth-order valence-electron chi connectivity index (χ4n) is 1.68. The van der Waals surface area contributed by atoms with Gasteiger partial charge in [0.25, 0.3) is 0 Å². The number of nitrogens with one attached hydrogen (secondary N) is 1. The van der Waals surface area contributed by atoms with E-state index < -0.39 is 0 Å². The molecule has 0 saturated heterocycles. The number of rotatable bonds is 7. The van der Waals surface area contributed by atoms with Crippen molar-refractivity contribution in [3.05, 3.63) is 54.2 Å². The van der Waals surface area contributed by atoms with Crippen molar-refractivity contribution in [2.24, 2.45) is 5.92 Å². The van der Waals surface area contributed by atoms with E-state index in [1.807, 2.05) is 12.1 Å². The van der Waals surface area contributed by atoms with Crippen LogP contribution in [0.2, 0.25) is 0 Å². The first-order chi connectivity index (χ1) is 9.24. The highest BCUT2D eigenvalue weighted by Gasteiger charge is 2.04. The Kier molecular flexibility index (Phi) is 4.98. The van der Waals surface area contributed by atoms with Gasteiger partial charge in [0.05, 0.1) is 19.4 Å². The Labute approximate surface area is 112 Å². The van der Waals surface area contributed by atoms with Crippen LogP contribution >= 0.6 is 0 Å². The van der Waals surface area contributed by atoms with E-state index in [4.69, 9.17) is 9.15 Å². The predicted octanol–water partition coefficient (Wildman–Crippen LogP) is 3.22. The molecule has 2 rings (SSSR count). The van der Waals surface area contributed by atoms with Gasteiger partial charge in [-0.15, -0.1) is 0 Å². The molecule has 3 nitrogen and oxygen atoms in total. The van der Waals surface area contributed by atoms with Crippen LogP contribution in [-0.2, 0) is 6.54 Å². The maximum absolute atomic E-state index is 12.7. The normalized spacial score (nSPS) is 12.3. The first-order valence-electron chi connectivity index (χ1n) is 6.35. The maximum Gasteiger partial charge on any atom is 0.123 e. The number of hydrogen-bond acceptors (Lipinski definition) is 3. The Morgan fingerprint density at radius 2 is 2.05 bits per heavy atom. The van der Waals surface area contributed by atoms with E-state index in [0.29, 0.717) is 24.8 Å². The Morgan fingerprint density at radius 3 is 2.74 bits per heavy atom. The third kappa shape index (κ3) is 4.75. The number of halogens is 1. The van der Waals surface area contributed by atoms with Crippen molar-refractivity contribution < 1.29 is 13.5 Å². The van der Waals surface area contributed by atoms with E-state index in [2.05, 4.69) is 12.2 Å². The lowest BCUT2D eigenvalue weighted by molar-refractivity contribution is 0.254. The van der Waals surface area contributed by atoms with Crippen molar-refractivity contribution in [1.82, 2.24) is 5.32 Å². The van der Waals surface area contributed by atoms with E-state index in [1.54, 1.807) is 18.4 Å². The maximum atomic E-state index is 12.7. The monoisotopic (exact) mass is 263 g/mol. The lowest BCUT2D eigenvalue weighted by Crippen LogP contribution is -2.24. The first-order valence-corrected chi connectivity index (χ1v) is 6.35. The van der Waals surface area contributed by atoms with Gasteiger partial charge in [-0.25, -0.2) is 4.39 Å². The van der Waals surface area contributed by atoms with E-state index in [0.717, 1.165) is 12.3 Å². The van der Waals surface area contributed by atoms with Crippen molar-refractivity contribution in [3.63, 3.8) is 0 Å². The molecule has 0 aliphatic rings. The number of benzene rings is 1. The summed E-state index contributed by atoms with van der Waals surface area (Å²) in [5.41, 5.74) is 0. The summed E-state index contributed by atoms with van der Waals surface area (Å²) in [5.74, 6) is 1.73. The molecular weight excluding hydrogens is 245 g/mol. The summed E-state index contributed by atoms with van der Waals surface area (Å²) in [7, 11) is 0. The molecule has 0 amide bonds. The zero-order valence-corrected chi connectivity index (χ0v) is 10.9. The number of furan rings is 1. The van der Waals surface area contributed by atoms with Crippen LogP contribution in [0.5, 0.6) is 5.75 Å². The largest absolute Gasteiger partial charge is 0.493 e. The third-order valence-corrected chi connectivity index (χ3v) is 2.72. The molecule has 1 aromatic carbocycles. The second-order valence-electron chi connectivity index (χ2n) is 4.58. The topological polar surface area (TPSA) is 34.4 Å². The van der Waals surface area contributed by atoms with Gasteiger partial charge in [-0.3, -0.25) is 0 Å². The SMILES string of the molecule is CC(CNCc1ccco1)COc1ccc(F)cc1. The van der Waals surface area contributed by atoms with Gasteiger partial charge in [0.1, 0.15) is 17.3 Å². The molecule has 1 unspecified atom stereocenters. The number of hydrogen-bond donors (Lipinski definition) is 1. The lowest BCUT2D eigenvalue weighted by atomic mass is 10.2. The average molecular weight is 263 g/mol. The van der Waals surface area contributed by atoms with Crippen LogP contribution < -0.4 is 10.1 Å². The van der Waals surface area contributed by atoms with Gasteiger partial charge in [0, 0.05) is 12.5 Å². The quantitative estimate of drug-likeness (QED) is 0.833. The van der Waals surface area contributed by atoms with Gasteiger partial charge in [-0.2, -0.15) is 0 Å². The summed E-state index contributed by atoms with van der Waals surface area (Å²) >= 11 is 0. The van der Waals surface area contributed by atoms with Gasteiger partial charge in [-0.1, -0.05) is 6.92 Å². The minimum Gasteiger partial charge on any atom is -0.493 e. The van der Waals surface area contributed by atoms with Crippen molar-refractivity contribution in [2.75, 3.05) is 13.2 Å². The Hall–Kier alpha value is -1.81. The first kappa shape index (κ1) is 13.6. The molecule has 2 aromatic rings. The second kappa shape index (κ2) is 6.95. The van der Waals surface area contributed by atoms with Gasteiger partial charge in [0.15, 0.2) is 0 Å². The molecule has 1 heterocycles. The van der Waals surface area contributed by atoms with Crippen molar-refractivity contribution in [3.8, 4) is 5.75 Å². The summed E-state index contributed by atoms with van der Waals surface area (Å²) in [6, 6.07) is 9.88. The van der Waals surface area contributed by atoms with Crippen LogP contribution in [0, 0.1) is 11.7 Å². The molecule has 4 heteroatoms. The molecule has 0 saturated carbocycles. The predicted molar refractivity (Wildman–Crippen MR) is 71.5 cm³/mol. The van der Waals surface area contributed by atoms with Crippen LogP contribution in [0.15, 0.2) is 47.1 Å². The second-order valence-corrected chi connectivity index (χ2v) is 4.58. The standard InChI is InChI=1S/C15H18FNO2/c1-12(9-17-10-15-3-2-8-18-15)11-19-14-6-4-13(16)5-7-14/h2-8,12,17H,9-11H2,1H3. The Morgan fingerprint density at radius 1 is 1.26 bits per heavy atom. The molecule has 0 fully saturated rings. The van der Waals surface area contributed by atoms with Gasteiger partial charge >= 0.3 is 0 Å². The summed E-state index contributed by atoms with van der Waals surface area (Å²) in [6.45, 7) is 4.24. The summed E-state index contributed by atoms with van der Waals surface area (Å²) < 4.78 is 23.5. The van der Waals surface area contributed by atoms with Crippen LogP contribution in [0.4, 0.5) is 4.39 Å². The number of ether oxygens (including phenoxy) is 1. The Bertz CT molecular complexity index is 467. The summed E-state index contributed by atoms with van der Waals surface area (Å²) in [6.07, 6.45) is 1.66. The minimum atomic E-state index is -0.250. The highest BCUT2D eigenvalue weighted by atomic mass is 19.1. The summed E-state index contributed by atoms with van der Waals surface area (Å²) in [5, 5.41) is 3.30. The average Bonchev–Trinajstić information content (AvgIpc) is 2.91. The zero-order chi connectivity index (χ0) is 13.5. The minimum absolute atomic E-state index is 0.250. The molecule has 19 heavy (non-hydrogen) atoms. The van der Waals surface area contributed by atoms with E-state index in [1.165, 1.54) is 12.1 Å². The highest BCUT2D eigenvalue weighted by molar-refractivity contribution is 5.21. The fraction of sp³-hybridized carbons (Fsp3) is 0.333. The van der Waals surface area contributed by atoms with E-state index >= 15 is 0 Å². The smallest absolute Gasteiger partial charge is 0.123 e. The fourth-order valence-corrected chi connectivity index (χ4v) is 1.68. The van der Waals surface area contributed by atoms with Crippen molar-refractivity contribution in [1.29, 1.82) is 0 Å². The highest BCUT2D eigenvalue weighted by Crippen LogP contribution is 2.12. The molecular formula is C15H18FNO2. The molecule has 1 N–H and O–H groups in total. The summed E-state index contributed by atoms with van der Waals surface area (Å²) in [4.78, 5) is 0. The van der Waals surface area contributed by atoms with Crippen LogP contribution in [0.1, 0.15) is 12.7 Å². The molecule has 1 aromatic heterocycles. The van der Waals surface area contributed by atoms with E-state index in [9.17, 15) is 4.39 Å². The van der Waals surface area contributed by atoms with Crippen molar-refractivity contribution in [2.45, 2.75) is 13.5 Å². The van der Waals surface area contributed by atoms with Crippen LogP contribution in [0.3, 0.4) is 0 Å².